The summed E-state index contributed by atoms with van der Waals surface area (Å²) >= 11 is 0. The summed E-state index contributed by atoms with van der Waals surface area (Å²) in [6.07, 6.45) is 0.969. The van der Waals surface area contributed by atoms with Crippen molar-refractivity contribution in [1.82, 2.24) is 4.90 Å². The molecule has 2 N–H and O–H groups in total. The summed E-state index contributed by atoms with van der Waals surface area (Å²) in [5.41, 5.74) is 7.09. The van der Waals surface area contributed by atoms with Crippen LogP contribution in [-0.4, -0.2) is 24.0 Å². The standard InChI is InChI=1S/C12H14FN3/c13-11-2-1-9(6-14)10(5-11)7-16-4-3-12(15)8-16/h1-2,5,12H,3-4,7-8,15H2/t12-/m0/s1. The van der Waals surface area contributed by atoms with Crippen LogP contribution in [0.1, 0.15) is 17.5 Å². The van der Waals surface area contributed by atoms with Crippen molar-refractivity contribution in [2.75, 3.05) is 13.1 Å². The van der Waals surface area contributed by atoms with E-state index in [1.165, 1.54) is 18.2 Å². The van der Waals surface area contributed by atoms with Crippen molar-refractivity contribution >= 4 is 0 Å². The highest BCUT2D eigenvalue weighted by atomic mass is 19.1. The van der Waals surface area contributed by atoms with Crippen LogP contribution in [-0.2, 0) is 6.54 Å². The van der Waals surface area contributed by atoms with Gasteiger partial charge < -0.3 is 5.73 Å². The second-order valence-corrected chi connectivity index (χ2v) is 4.20. The predicted octanol–water partition coefficient (Wildman–Crippen LogP) is 1.23. The summed E-state index contributed by atoms with van der Waals surface area (Å²) in [5.74, 6) is -0.294. The molecule has 1 aliphatic heterocycles. The molecule has 1 atom stereocenters. The van der Waals surface area contributed by atoms with E-state index in [2.05, 4.69) is 11.0 Å². The summed E-state index contributed by atoms with van der Waals surface area (Å²) in [4.78, 5) is 2.15. The lowest BCUT2D eigenvalue weighted by atomic mass is 10.1. The van der Waals surface area contributed by atoms with Gasteiger partial charge in [-0.2, -0.15) is 5.26 Å². The highest BCUT2D eigenvalue weighted by Gasteiger charge is 2.19. The van der Waals surface area contributed by atoms with Crippen LogP contribution < -0.4 is 5.73 Å². The molecule has 1 aliphatic rings. The molecule has 84 valence electrons. The molecular formula is C12H14FN3. The first-order valence-electron chi connectivity index (χ1n) is 5.35. The molecule has 0 unspecified atom stereocenters. The maximum Gasteiger partial charge on any atom is 0.123 e. The van der Waals surface area contributed by atoms with Gasteiger partial charge in [-0.25, -0.2) is 4.39 Å². The molecule has 1 aromatic carbocycles. The minimum Gasteiger partial charge on any atom is -0.326 e. The number of nitrogens with two attached hydrogens (primary N) is 1. The van der Waals surface area contributed by atoms with E-state index in [1.54, 1.807) is 0 Å². The first-order valence-corrected chi connectivity index (χ1v) is 5.35. The third-order valence-corrected chi connectivity index (χ3v) is 2.89. The van der Waals surface area contributed by atoms with Crippen LogP contribution in [0.3, 0.4) is 0 Å². The minimum absolute atomic E-state index is 0.207. The van der Waals surface area contributed by atoms with Crippen LogP contribution >= 0.6 is 0 Å². The quantitative estimate of drug-likeness (QED) is 0.814. The summed E-state index contributed by atoms with van der Waals surface area (Å²) < 4.78 is 13.1. The van der Waals surface area contributed by atoms with E-state index >= 15 is 0 Å². The molecular weight excluding hydrogens is 205 g/mol. The zero-order valence-electron chi connectivity index (χ0n) is 8.99. The monoisotopic (exact) mass is 219 g/mol. The first-order chi connectivity index (χ1) is 7.69. The van der Waals surface area contributed by atoms with Gasteiger partial charge in [-0.15, -0.1) is 0 Å². The molecule has 1 heterocycles. The van der Waals surface area contributed by atoms with Crippen molar-refractivity contribution in [3.8, 4) is 6.07 Å². The topological polar surface area (TPSA) is 53.0 Å². The minimum atomic E-state index is -0.294. The Hall–Kier alpha value is -1.44. The largest absolute Gasteiger partial charge is 0.326 e. The molecule has 1 saturated heterocycles. The van der Waals surface area contributed by atoms with E-state index in [-0.39, 0.29) is 11.9 Å². The Morgan fingerprint density at radius 1 is 1.56 bits per heavy atom. The third-order valence-electron chi connectivity index (χ3n) is 2.89. The zero-order chi connectivity index (χ0) is 11.5. The average molecular weight is 219 g/mol. The Balaban J connectivity index is 2.14. The maximum atomic E-state index is 13.1. The number of nitrogens with zero attached hydrogens (tertiary/aromatic N) is 2. The number of benzene rings is 1. The van der Waals surface area contributed by atoms with Gasteiger partial charge in [-0.1, -0.05) is 0 Å². The molecule has 16 heavy (non-hydrogen) atoms. The fourth-order valence-corrected chi connectivity index (χ4v) is 2.05. The van der Waals surface area contributed by atoms with Crippen LogP contribution in [0, 0.1) is 17.1 Å². The van der Waals surface area contributed by atoms with Gasteiger partial charge in [0.25, 0.3) is 0 Å². The number of hydrogen-bond donors (Lipinski definition) is 1. The van der Waals surface area contributed by atoms with Crippen LogP contribution in [0.2, 0.25) is 0 Å². The van der Waals surface area contributed by atoms with Crippen LogP contribution in [0.4, 0.5) is 4.39 Å². The summed E-state index contributed by atoms with van der Waals surface area (Å²) in [6.45, 7) is 2.35. The van der Waals surface area contributed by atoms with Gasteiger partial charge in [-0.05, 0) is 30.2 Å². The Bertz CT molecular complexity index is 425. The summed E-state index contributed by atoms with van der Waals surface area (Å²) in [5, 5.41) is 8.92. The molecule has 0 spiro atoms. The van der Waals surface area contributed by atoms with Crippen LogP contribution in [0.25, 0.3) is 0 Å². The number of rotatable bonds is 2. The Morgan fingerprint density at radius 2 is 2.38 bits per heavy atom. The van der Waals surface area contributed by atoms with E-state index in [9.17, 15) is 4.39 Å². The molecule has 4 heteroatoms. The van der Waals surface area contributed by atoms with Crippen LogP contribution in [0.15, 0.2) is 18.2 Å². The summed E-state index contributed by atoms with van der Waals surface area (Å²) in [7, 11) is 0. The van der Waals surface area contributed by atoms with Crippen molar-refractivity contribution in [1.29, 1.82) is 5.26 Å². The lowest BCUT2D eigenvalue weighted by molar-refractivity contribution is 0.326. The SMILES string of the molecule is N#Cc1ccc(F)cc1CN1CC[C@H](N)C1. The fourth-order valence-electron chi connectivity index (χ4n) is 2.05. The van der Waals surface area contributed by atoms with Gasteiger partial charge in [-0.3, -0.25) is 4.90 Å². The molecule has 0 saturated carbocycles. The van der Waals surface area contributed by atoms with Gasteiger partial charge in [0.05, 0.1) is 11.6 Å². The molecule has 0 amide bonds. The molecule has 0 bridgehead atoms. The average Bonchev–Trinajstić information content (AvgIpc) is 2.64. The first kappa shape index (κ1) is 11.1. The van der Waals surface area contributed by atoms with Crippen molar-refractivity contribution in [2.45, 2.75) is 19.0 Å². The van der Waals surface area contributed by atoms with Crippen molar-refractivity contribution in [2.24, 2.45) is 5.73 Å². The number of halogens is 1. The van der Waals surface area contributed by atoms with E-state index in [4.69, 9.17) is 11.0 Å². The molecule has 3 nitrogen and oxygen atoms in total. The van der Waals surface area contributed by atoms with Gasteiger partial charge in [0.2, 0.25) is 0 Å². The van der Waals surface area contributed by atoms with E-state index in [1.807, 2.05) is 0 Å². The van der Waals surface area contributed by atoms with Gasteiger partial charge in [0, 0.05) is 25.7 Å². The smallest absolute Gasteiger partial charge is 0.123 e. The van der Waals surface area contributed by atoms with Gasteiger partial charge in [0.15, 0.2) is 0 Å². The Kier molecular flexibility index (Phi) is 3.18. The van der Waals surface area contributed by atoms with E-state index < -0.39 is 0 Å². The Morgan fingerprint density at radius 3 is 3.00 bits per heavy atom. The molecule has 1 fully saturated rings. The van der Waals surface area contributed by atoms with E-state index in [0.29, 0.717) is 12.1 Å². The lowest BCUT2D eigenvalue weighted by Crippen LogP contribution is -2.26. The predicted molar refractivity (Wildman–Crippen MR) is 59.0 cm³/mol. The molecule has 0 aromatic heterocycles. The van der Waals surface area contributed by atoms with Crippen molar-refractivity contribution < 1.29 is 4.39 Å². The molecule has 0 radical (unpaired) electrons. The number of hydrogen-bond acceptors (Lipinski definition) is 3. The molecule has 2 rings (SSSR count). The van der Waals surface area contributed by atoms with Crippen molar-refractivity contribution in [3.05, 3.63) is 35.1 Å². The second kappa shape index (κ2) is 4.60. The second-order valence-electron chi connectivity index (χ2n) is 4.20. The zero-order valence-corrected chi connectivity index (χ0v) is 8.99. The highest BCUT2D eigenvalue weighted by molar-refractivity contribution is 5.37. The highest BCUT2D eigenvalue weighted by Crippen LogP contribution is 2.16. The van der Waals surface area contributed by atoms with Crippen molar-refractivity contribution in [3.63, 3.8) is 0 Å². The van der Waals surface area contributed by atoms with Gasteiger partial charge >= 0.3 is 0 Å². The molecule has 0 aliphatic carbocycles. The number of nitriles is 1. The Labute approximate surface area is 94.3 Å². The van der Waals surface area contributed by atoms with Gasteiger partial charge in [0.1, 0.15) is 5.82 Å². The van der Waals surface area contributed by atoms with Crippen LogP contribution in [0.5, 0.6) is 0 Å². The fraction of sp³-hybridized carbons (Fsp3) is 0.417. The lowest BCUT2D eigenvalue weighted by Gasteiger charge is -2.15. The number of likely N-dealkylation sites (tertiary alicyclic amines) is 1. The normalized spacial score (nSPS) is 20.9. The van der Waals surface area contributed by atoms with E-state index in [0.717, 1.165) is 25.1 Å². The summed E-state index contributed by atoms with van der Waals surface area (Å²) in [6, 6.07) is 6.57. The molecule has 1 aromatic rings. The maximum absolute atomic E-state index is 13.1. The third kappa shape index (κ3) is 2.38.